The van der Waals surface area contributed by atoms with Gasteiger partial charge in [0.2, 0.25) is 12.7 Å². The van der Waals surface area contributed by atoms with E-state index in [0.717, 1.165) is 16.8 Å². The molecular formula is C35H35F2N3O9. The van der Waals surface area contributed by atoms with Crippen LogP contribution in [0.1, 0.15) is 57.6 Å². The predicted molar refractivity (Wildman–Crippen MR) is 173 cm³/mol. The van der Waals surface area contributed by atoms with Gasteiger partial charge in [0, 0.05) is 23.4 Å². The number of benzene rings is 1. The summed E-state index contributed by atoms with van der Waals surface area (Å²) in [7, 11) is 1.34. The highest BCUT2D eigenvalue weighted by Gasteiger charge is 2.32. The van der Waals surface area contributed by atoms with Gasteiger partial charge in [-0.15, -0.1) is 0 Å². The first-order valence-electron chi connectivity index (χ1n) is 15.1. The third-order valence-corrected chi connectivity index (χ3v) is 7.59. The molecule has 0 fully saturated rings. The van der Waals surface area contributed by atoms with Crippen LogP contribution in [0.25, 0.3) is 33.0 Å². The van der Waals surface area contributed by atoms with Crippen molar-refractivity contribution in [2.75, 3.05) is 13.9 Å². The molecule has 0 radical (unpaired) electrons. The van der Waals surface area contributed by atoms with E-state index >= 15 is 8.78 Å². The number of halogens is 2. The van der Waals surface area contributed by atoms with E-state index in [4.69, 9.17) is 23.4 Å². The SMILES string of the molecule is COc1cc(Cn2c(C(=O)OCOC(=O)C(C)(C)C)c(-c3cccn(COC(=O)C(C)(C)C)c3=O)c3c4occc4c(F)cc32)c(F)cn1. The van der Waals surface area contributed by atoms with Crippen LogP contribution < -0.4 is 10.3 Å². The van der Waals surface area contributed by atoms with Gasteiger partial charge < -0.3 is 27.9 Å². The standard InChI is InChI=1S/C35H35F2N3O9/c1-34(2,3)32(43)47-17-39-11-8-9-21(30(39)41)26-27-24(14-22(36)20-10-12-46-29(20)27)40(16-19-13-25(45-7)38-15-23(19)37)28(26)31(42)48-18-49-33(44)35(4,5)6/h8-15H,16-18H2,1-7H3. The van der Waals surface area contributed by atoms with Crippen LogP contribution in [0.2, 0.25) is 0 Å². The van der Waals surface area contributed by atoms with Crippen LogP contribution >= 0.6 is 0 Å². The van der Waals surface area contributed by atoms with Crippen molar-refractivity contribution >= 4 is 39.8 Å². The Bertz CT molecular complexity index is 2150. The van der Waals surface area contributed by atoms with E-state index in [1.807, 2.05) is 0 Å². The molecule has 49 heavy (non-hydrogen) atoms. The van der Waals surface area contributed by atoms with Gasteiger partial charge in [0.1, 0.15) is 22.9 Å². The fourth-order valence-corrected chi connectivity index (χ4v) is 5.00. The maximum absolute atomic E-state index is 15.6. The number of methoxy groups -OCH3 is 1. The summed E-state index contributed by atoms with van der Waals surface area (Å²) in [4.78, 5) is 56.9. The molecule has 0 N–H and O–H groups in total. The summed E-state index contributed by atoms with van der Waals surface area (Å²) in [5.41, 5.74) is -2.79. The molecule has 0 amide bonds. The lowest BCUT2D eigenvalue weighted by Gasteiger charge is -2.18. The number of pyridine rings is 2. The number of nitrogens with zero attached hydrogens (tertiary/aromatic N) is 3. The predicted octanol–water partition coefficient (Wildman–Crippen LogP) is 6.20. The number of fused-ring (bicyclic) bond motifs is 3. The van der Waals surface area contributed by atoms with Gasteiger partial charge in [-0.2, -0.15) is 0 Å². The minimum atomic E-state index is -1.08. The average Bonchev–Trinajstić information content (AvgIpc) is 3.64. The molecule has 0 saturated carbocycles. The van der Waals surface area contributed by atoms with Crippen LogP contribution in [-0.4, -0.2) is 45.9 Å². The zero-order valence-electron chi connectivity index (χ0n) is 28.0. The Kier molecular flexibility index (Phi) is 9.35. The normalized spacial score (nSPS) is 11.9. The zero-order valence-corrected chi connectivity index (χ0v) is 28.0. The summed E-state index contributed by atoms with van der Waals surface area (Å²) in [6.07, 6.45) is 3.58. The van der Waals surface area contributed by atoms with E-state index in [2.05, 4.69) is 4.98 Å². The molecule has 0 aliphatic carbocycles. The molecular weight excluding hydrogens is 644 g/mol. The first-order valence-corrected chi connectivity index (χ1v) is 15.1. The smallest absolute Gasteiger partial charge is 0.358 e. The maximum atomic E-state index is 15.6. The Hall–Kier alpha value is -5.53. The summed E-state index contributed by atoms with van der Waals surface area (Å²) in [6.45, 7) is 8.21. The van der Waals surface area contributed by atoms with Crippen molar-refractivity contribution in [2.45, 2.75) is 54.8 Å². The van der Waals surface area contributed by atoms with Crippen molar-refractivity contribution < 1.29 is 46.5 Å². The Balaban J connectivity index is 1.77. The van der Waals surface area contributed by atoms with E-state index in [0.29, 0.717) is 0 Å². The van der Waals surface area contributed by atoms with E-state index in [9.17, 15) is 19.2 Å². The number of carbonyl (C=O) groups is 3. The second kappa shape index (κ2) is 13.2. The fraction of sp³-hybridized carbons (Fsp3) is 0.343. The second-order valence-corrected chi connectivity index (χ2v) is 13.3. The topological polar surface area (TPSA) is 141 Å². The van der Waals surface area contributed by atoms with Gasteiger partial charge in [-0.25, -0.2) is 18.6 Å². The molecule has 12 nitrogen and oxygen atoms in total. The van der Waals surface area contributed by atoms with Gasteiger partial charge in [0.25, 0.3) is 5.56 Å². The molecule has 258 valence electrons. The van der Waals surface area contributed by atoms with E-state index in [1.54, 1.807) is 41.5 Å². The van der Waals surface area contributed by atoms with E-state index in [-0.39, 0.29) is 56.7 Å². The van der Waals surface area contributed by atoms with Crippen LogP contribution in [0.4, 0.5) is 8.78 Å². The lowest BCUT2D eigenvalue weighted by Crippen LogP contribution is -2.28. The summed E-state index contributed by atoms with van der Waals surface area (Å²) in [5, 5.41) is 0.194. The quantitative estimate of drug-likeness (QED) is 0.131. The molecule has 0 unspecified atom stereocenters. The van der Waals surface area contributed by atoms with Gasteiger partial charge in [-0.05, 0) is 65.8 Å². The number of hydrogen-bond acceptors (Lipinski definition) is 10. The molecule has 1 aromatic carbocycles. The van der Waals surface area contributed by atoms with Gasteiger partial charge in [0.15, 0.2) is 6.73 Å². The molecule has 0 aliphatic rings. The summed E-state index contributed by atoms with van der Waals surface area (Å²) < 4.78 is 60.0. The van der Waals surface area contributed by atoms with Crippen molar-refractivity contribution in [3.63, 3.8) is 0 Å². The lowest BCUT2D eigenvalue weighted by atomic mass is 9.97. The molecule has 0 aliphatic heterocycles. The number of aromatic nitrogens is 3. The van der Waals surface area contributed by atoms with E-state index < -0.39 is 59.5 Å². The lowest BCUT2D eigenvalue weighted by molar-refractivity contribution is -0.161. The Morgan fingerprint density at radius 2 is 1.63 bits per heavy atom. The van der Waals surface area contributed by atoms with Crippen molar-refractivity contribution in [3.05, 3.63) is 82.2 Å². The highest BCUT2D eigenvalue weighted by molar-refractivity contribution is 6.17. The number of hydrogen-bond donors (Lipinski definition) is 0. The summed E-state index contributed by atoms with van der Waals surface area (Å²) in [5.74, 6) is -3.69. The highest BCUT2D eigenvalue weighted by Crippen LogP contribution is 2.41. The van der Waals surface area contributed by atoms with Crippen LogP contribution in [0.5, 0.6) is 5.88 Å². The van der Waals surface area contributed by atoms with Crippen molar-refractivity contribution in [1.29, 1.82) is 0 Å². The summed E-state index contributed by atoms with van der Waals surface area (Å²) in [6, 6.07) is 6.76. The third-order valence-electron chi connectivity index (χ3n) is 7.59. The van der Waals surface area contributed by atoms with Gasteiger partial charge in [-0.1, -0.05) is 0 Å². The third kappa shape index (κ3) is 6.89. The van der Waals surface area contributed by atoms with Crippen LogP contribution in [0.3, 0.4) is 0 Å². The number of rotatable bonds is 9. The minimum Gasteiger partial charge on any atom is -0.481 e. The zero-order chi connectivity index (χ0) is 35.8. The molecule has 14 heteroatoms. The molecule has 4 aromatic heterocycles. The van der Waals surface area contributed by atoms with Crippen molar-refractivity contribution in [3.8, 4) is 17.0 Å². The van der Waals surface area contributed by atoms with E-state index in [1.165, 1.54) is 48.4 Å². The minimum absolute atomic E-state index is 0.00120. The van der Waals surface area contributed by atoms with Gasteiger partial charge >= 0.3 is 17.9 Å². The molecule has 4 heterocycles. The first-order chi connectivity index (χ1) is 23.0. The van der Waals surface area contributed by atoms with Gasteiger partial charge in [0.05, 0.1) is 58.8 Å². The summed E-state index contributed by atoms with van der Waals surface area (Å²) >= 11 is 0. The number of carbonyl (C=O) groups excluding carboxylic acids is 3. The van der Waals surface area contributed by atoms with Crippen molar-refractivity contribution in [2.24, 2.45) is 10.8 Å². The highest BCUT2D eigenvalue weighted by atomic mass is 19.1. The van der Waals surface area contributed by atoms with Crippen molar-refractivity contribution in [1.82, 2.24) is 14.1 Å². The largest absolute Gasteiger partial charge is 0.481 e. The monoisotopic (exact) mass is 679 g/mol. The molecule has 0 bridgehead atoms. The molecule has 0 spiro atoms. The second-order valence-electron chi connectivity index (χ2n) is 13.3. The Morgan fingerprint density at radius 1 is 0.939 bits per heavy atom. The van der Waals surface area contributed by atoms with Crippen LogP contribution in [0, 0.1) is 22.5 Å². The first kappa shape index (κ1) is 34.8. The average molecular weight is 680 g/mol. The molecule has 0 saturated heterocycles. The number of ether oxygens (including phenoxy) is 4. The Morgan fingerprint density at radius 3 is 2.31 bits per heavy atom. The fourth-order valence-electron chi connectivity index (χ4n) is 5.00. The Labute approximate surface area is 279 Å². The maximum Gasteiger partial charge on any atom is 0.358 e. The molecule has 5 rings (SSSR count). The van der Waals surface area contributed by atoms with Crippen LogP contribution in [-0.2, 0) is 37.1 Å². The van der Waals surface area contributed by atoms with Gasteiger partial charge in [-0.3, -0.25) is 19.0 Å². The van der Waals surface area contributed by atoms with Crippen LogP contribution in [0.15, 0.2) is 58.2 Å². The number of furan rings is 1. The molecule has 5 aromatic rings. The number of esters is 3. The molecule has 0 atom stereocenters.